The Kier molecular flexibility index (Phi) is 31.2. The summed E-state index contributed by atoms with van der Waals surface area (Å²) < 4.78 is 32.5. The van der Waals surface area contributed by atoms with Gasteiger partial charge in [-0.2, -0.15) is 0 Å². The van der Waals surface area contributed by atoms with Crippen molar-refractivity contribution in [3.63, 3.8) is 0 Å². The number of nitrogens with two attached hydrogens (primary N) is 1. The van der Waals surface area contributed by atoms with Crippen LogP contribution >= 0.6 is 7.82 Å². The fourth-order valence-corrected chi connectivity index (χ4v) is 5.76. The normalized spacial score (nSPS) is 14.1. The smallest absolute Gasteiger partial charge is 0.472 e. The maximum atomic E-state index is 12.5. The van der Waals surface area contributed by atoms with Crippen LogP contribution in [0.2, 0.25) is 0 Å². The molecule has 0 radical (unpaired) electrons. The number of hydrogen-bond donors (Lipinski definition) is 3. The second kappa shape index (κ2) is 32.4. The van der Waals surface area contributed by atoms with Crippen LogP contribution in [0.1, 0.15) is 168 Å². The van der Waals surface area contributed by atoms with Crippen molar-refractivity contribution in [1.29, 1.82) is 0 Å². The molecule has 282 valence electrons. The van der Waals surface area contributed by atoms with Gasteiger partial charge in [-0.3, -0.25) is 23.4 Å². The molecule has 0 spiro atoms. The Morgan fingerprint density at radius 2 is 1.06 bits per heavy atom. The van der Waals surface area contributed by atoms with Crippen molar-refractivity contribution >= 4 is 25.7 Å². The number of carbonyl (C=O) groups is 3. The number of carboxylic acid groups (broad SMARTS) is 1. The van der Waals surface area contributed by atoms with Crippen molar-refractivity contribution in [2.24, 2.45) is 5.73 Å². The number of esters is 2. The highest BCUT2D eigenvalue weighted by atomic mass is 31.2. The molecule has 4 N–H and O–H groups in total. The molecular weight excluding hydrogens is 637 g/mol. The zero-order valence-corrected chi connectivity index (χ0v) is 31.0. The molecule has 0 aromatic carbocycles. The highest BCUT2D eigenvalue weighted by Crippen LogP contribution is 2.43. The van der Waals surface area contributed by atoms with Crippen LogP contribution in [0.4, 0.5) is 0 Å². The van der Waals surface area contributed by atoms with E-state index in [9.17, 15) is 23.8 Å². The summed E-state index contributed by atoms with van der Waals surface area (Å²) in [4.78, 5) is 45.6. The predicted octanol–water partition coefficient (Wildman–Crippen LogP) is 8.95. The summed E-state index contributed by atoms with van der Waals surface area (Å²) in [5.41, 5.74) is 5.31. The van der Waals surface area contributed by atoms with Crippen molar-refractivity contribution in [3.8, 4) is 0 Å². The van der Waals surface area contributed by atoms with Gasteiger partial charge in [0.1, 0.15) is 12.6 Å². The van der Waals surface area contributed by atoms with Gasteiger partial charge in [-0.05, 0) is 32.1 Å². The van der Waals surface area contributed by atoms with Gasteiger partial charge in [0.2, 0.25) is 0 Å². The van der Waals surface area contributed by atoms with E-state index < -0.39 is 51.1 Å². The molecule has 1 unspecified atom stereocenters. The minimum Gasteiger partial charge on any atom is -0.480 e. The van der Waals surface area contributed by atoms with Gasteiger partial charge >= 0.3 is 25.7 Å². The maximum Gasteiger partial charge on any atom is 0.472 e. The minimum absolute atomic E-state index is 0.154. The number of allylic oxidation sites excluding steroid dienone is 2. The summed E-state index contributed by atoms with van der Waals surface area (Å²) in [6.07, 6.45) is 28.6. The highest BCUT2D eigenvalue weighted by molar-refractivity contribution is 7.47. The zero-order valence-electron chi connectivity index (χ0n) is 30.1. The van der Waals surface area contributed by atoms with Gasteiger partial charge in [-0.15, -0.1) is 0 Å². The fourth-order valence-electron chi connectivity index (χ4n) is 4.99. The van der Waals surface area contributed by atoms with E-state index in [0.717, 1.165) is 57.8 Å². The number of rotatable bonds is 35. The Morgan fingerprint density at radius 1 is 0.625 bits per heavy atom. The molecule has 0 heterocycles. The lowest BCUT2D eigenvalue weighted by atomic mass is 10.0. The van der Waals surface area contributed by atoms with Gasteiger partial charge in [0.25, 0.3) is 0 Å². The summed E-state index contributed by atoms with van der Waals surface area (Å²) >= 11 is 0. The Hall–Kier alpha value is -1.78. The Bertz CT molecular complexity index is 885. The third-order valence-electron chi connectivity index (χ3n) is 8.01. The number of hydrogen-bond acceptors (Lipinski definition) is 9. The van der Waals surface area contributed by atoms with Crippen molar-refractivity contribution in [1.82, 2.24) is 0 Å². The van der Waals surface area contributed by atoms with E-state index in [-0.39, 0.29) is 19.4 Å². The summed E-state index contributed by atoms with van der Waals surface area (Å²) in [5, 5.41) is 8.84. The van der Waals surface area contributed by atoms with Gasteiger partial charge in [-0.25, -0.2) is 4.57 Å². The third kappa shape index (κ3) is 31.5. The van der Waals surface area contributed by atoms with E-state index in [1.807, 2.05) is 0 Å². The molecule has 0 fully saturated rings. The van der Waals surface area contributed by atoms with Crippen molar-refractivity contribution in [2.45, 2.75) is 180 Å². The van der Waals surface area contributed by atoms with E-state index in [4.69, 9.17) is 24.8 Å². The summed E-state index contributed by atoms with van der Waals surface area (Å²) in [7, 11) is -4.70. The van der Waals surface area contributed by atoms with Crippen LogP contribution in [-0.4, -0.2) is 59.9 Å². The molecular formula is C36H68NO10P. The van der Waals surface area contributed by atoms with E-state index in [2.05, 4.69) is 30.5 Å². The van der Waals surface area contributed by atoms with Gasteiger partial charge < -0.3 is 25.2 Å². The monoisotopic (exact) mass is 705 g/mol. The average Bonchev–Trinajstić information content (AvgIpc) is 3.05. The average molecular weight is 706 g/mol. The second-order valence-corrected chi connectivity index (χ2v) is 14.2. The molecule has 0 amide bonds. The first-order chi connectivity index (χ1) is 23.1. The lowest BCUT2D eigenvalue weighted by Crippen LogP contribution is -2.34. The number of phosphoric ester groups is 1. The zero-order chi connectivity index (χ0) is 35.7. The molecule has 0 aliphatic rings. The van der Waals surface area contributed by atoms with Crippen LogP contribution in [0, 0.1) is 0 Å². The van der Waals surface area contributed by atoms with Gasteiger partial charge in [0.05, 0.1) is 13.2 Å². The SMILES string of the molecule is CCCCC=CCCCCCCCC(=O)O[C@H](COC(=O)CCCCCCCCCCCCCCC)COP(=O)(O)OC[C@H](N)C(=O)O. The van der Waals surface area contributed by atoms with E-state index in [0.29, 0.717) is 12.8 Å². The minimum atomic E-state index is -4.70. The largest absolute Gasteiger partial charge is 0.480 e. The third-order valence-corrected chi connectivity index (χ3v) is 8.96. The van der Waals surface area contributed by atoms with Crippen molar-refractivity contribution in [3.05, 3.63) is 12.2 Å². The summed E-state index contributed by atoms with van der Waals surface area (Å²) in [6.45, 7) is 2.73. The molecule has 0 saturated heterocycles. The summed E-state index contributed by atoms with van der Waals surface area (Å²) in [6, 6.07) is -1.52. The number of carboxylic acids is 1. The van der Waals surface area contributed by atoms with E-state index in [1.54, 1.807) is 0 Å². The van der Waals surface area contributed by atoms with Crippen LogP contribution in [0.25, 0.3) is 0 Å². The number of ether oxygens (including phenoxy) is 2. The van der Waals surface area contributed by atoms with Gasteiger partial charge in [-0.1, -0.05) is 135 Å². The first-order valence-corrected chi connectivity index (χ1v) is 20.2. The van der Waals surface area contributed by atoms with Crippen LogP contribution in [0.3, 0.4) is 0 Å². The Morgan fingerprint density at radius 3 is 1.58 bits per heavy atom. The molecule has 3 atom stereocenters. The molecule has 12 heteroatoms. The van der Waals surface area contributed by atoms with Crippen LogP contribution < -0.4 is 5.73 Å². The molecule has 0 rings (SSSR count). The molecule has 0 aromatic rings. The van der Waals surface area contributed by atoms with Crippen molar-refractivity contribution in [2.75, 3.05) is 19.8 Å². The standard InChI is InChI=1S/C36H68NO10P/c1-3-5-7-9-11-13-15-16-18-19-21-23-25-27-34(38)44-29-32(30-45-48(42,43)46-31-33(37)36(40)41)47-35(39)28-26-24-22-20-17-14-12-10-8-6-4-2/h10,12,32-33H,3-9,11,13-31,37H2,1-2H3,(H,40,41)(H,42,43)/t32-,33+/m1/s1. The Balaban J connectivity index is 4.44. The van der Waals surface area contributed by atoms with E-state index >= 15 is 0 Å². The molecule has 0 aliphatic heterocycles. The second-order valence-electron chi connectivity index (χ2n) is 12.7. The maximum absolute atomic E-state index is 12.5. The Labute approximate surface area is 290 Å². The van der Waals surface area contributed by atoms with Crippen LogP contribution in [0.5, 0.6) is 0 Å². The van der Waals surface area contributed by atoms with Crippen molar-refractivity contribution < 1.29 is 47.5 Å². The van der Waals surface area contributed by atoms with Gasteiger partial charge in [0.15, 0.2) is 6.10 Å². The van der Waals surface area contributed by atoms with Gasteiger partial charge in [0, 0.05) is 12.8 Å². The van der Waals surface area contributed by atoms with Crippen LogP contribution in [-0.2, 0) is 37.5 Å². The first-order valence-electron chi connectivity index (χ1n) is 18.7. The molecule has 0 bridgehead atoms. The first kappa shape index (κ1) is 46.2. The highest BCUT2D eigenvalue weighted by Gasteiger charge is 2.28. The molecule has 11 nitrogen and oxygen atoms in total. The number of carbonyl (C=O) groups excluding carboxylic acids is 2. The fraction of sp³-hybridized carbons (Fsp3) is 0.861. The topological polar surface area (TPSA) is 172 Å². The van der Waals surface area contributed by atoms with Crippen LogP contribution in [0.15, 0.2) is 12.2 Å². The summed E-state index contributed by atoms with van der Waals surface area (Å²) in [5.74, 6) is -2.39. The number of phosphoric acid groups is 1. The molecule has 0 aromatic heterocycles. The molecule has 48 heavy (non-hydrogen) atoms. The number of unbranched alkanes of at least 4 members (excludes halogenated alkanes) is 19. The lowest BCUT2D eigenvalue weighted by molar-refractivity contribution is -0.161. The van der Waals surface area contributed by atoms with E-state index in [1.165, 1.54) is 70.6 Å². The lowest BCUT2D eigenvalue weighted by Gasteiger charge is -2.20. The molecule has 0 aliphatic carbocycles. The number of aliphatic carboxylic acids is 1. The molecule has 0 saturated carbocycles. The predicted molar refractivity (Wildman–Crippen MR) is 189 cm³/mol. The quantitative estimate of drug-likeness (QED) is 0.0249.